The molecule has 0 aromatic heterocycles. The van der Waals surface area contributed by atoms with Crippen molar-refractivity contribution in [2.24, 2.45) is 5.92 Å². The molecule has 1 atom stereocenters. The summed E-state index contributed by atoms with van der Waals surface area (Å²) in [4.78, 5) is 10.1. The van der Waals surface area contributed by atoms with Crippen molar-refractivity contribution in [3.05, 3.63) is 39.9 Å². The van der Waals surface area contributed by atoms with Crippen LogP contribution in [0, 0.1) is 16.0 Å². The molecule has 1 aromatic carbocycles. The highest BCUT2D eigenvalue weighted by molar-refractivity contribution is 7.88. The molecule has 1 aromatic rings. The maximum absolute atomic E-state index is 12.5. The SMILES string of the molecule is CNCC1CCCN(S(=O)(=O)Cc2ccc([N+](=O)[O-])cc2)C1. The Kier molecular flexibility index (Phi) is 5.49. The zero-order valence-electron chi connectivity index (χ0n) is 12.6. The summed E-state index contributed by atoms with van der Waals surface area (Å²) in [5, 5.41) is 13.7. The molecule has 7 nitrogen and oxygen atoms in total. The molecular weight excluding hydrogens is 306 g/mol. The second-order valence-corrected chi connectivity index (χ2v) is 7.57. The molecule has 0 aliphatic carbocycles. The Hall–Kier alpha value is -1.51. The van der Waals surface area contributed by atoms with Gasteiger partial charge in [0.05, 0.1) is 10.7 Å². The average Bonchev–Trinajstić information content (AvgIpc) is 2.48. The van der Waals surface area contributed by atoms with E-state index in [1.54, 1.807) is 4.31 Å². The van der Waals surface area contributed by atoms with Crippen LogP contribution in [0.15, 0.2) is 24.3 Å². The smallest absolute Gasteiger partial charge is 0.269 e. The predicted molar refractivity (Wildman–Crippen MR) is 83.9 cm³/mol. The summed E-state index contributed by atoms with van der Waals surface area (Å²) in [6, 6.07) is 5.69. The summed E-state index contributed by atoms with van der Waals surface area (Å²) in [6.45, 7) is 1.90. The quantitative estimate of drug-likeness (QED) is 0.629. The lowest BCUT2D eigenvalue weighted by Crippen LogP contribution is -2.42. The van der Waals surface area contributed by atoms with E-state index in [2.05, 4.69) is 5.32 Å². The first-order valence-corrected chi connectivity index (χ1v) is 8.89. The molecule has 22 heavy (non-hydrogen) atoms. The lowest BCUT2D eigenvalue weighted by atomic mass is 10.00. The molecule has 0 spiro atoms. The average molecular weight is 327 g/mol. The number of sulfonamides is 1. The number of rotatable bonds is 6. The molecule has 1 fully saturated rings. The first-order chi connectivity index (χ1) is 10.4. The standard InChI is InChI=1S/C14H21N3O4S/c1-15-9-13-3-2-8-16(10-13)22(20,21)11-12-4-6-14(7-5-12)17(18)19/h4-7,13,15H,2-3,8-11H2,1H3. The van der Waals surface area contributed by atoms with Crippen molar-refractivity contribution in [3.8, 4) is 0 Å². The molecule has 1 heterocycles. The van der Waals surface area contributed by atoms with Gasteiger partial charge in [0.2, 0.25) is 10.0 Å². The zero-order valence-corrected chi connectivity index (χ0v) is 13.4. The van der Waals surface area contributed by atoms with Crippen molar-refractivity contribution >= 4 is 15.7 Å². The maximum atomic E-state index is 12.5. The molecule has 0 saturated carbocycles. The van der Waals surface area contributed by atoms with Crippen molar-refractivity contribution in [1.82, 2.24) is 9.62 Å². The largest absolute Gasteiger partial charge is 0.319 e. The van der Waals surface area contributed by atoms with Gasteiger partial charge in [-0.25, -0.2) is 12.7 Å². The highest BCUT2D eigenvalue weighted by Crippen LogP contribution is 2.22. The van der Waals surface area contributed by atoms with E-state index in [0.29, 0.717) is 24.6 Å². The molecule has 1 saturated heterocycles. The van der Waals surface area contributed by atoms with Gasteiger partial charge in [0.15, 0.2) is 0 Å². The molecule has 1 aliphatic heterocycles. The zero-order chi connectivity index (χ0) is 16.2. The summed E-state index contributed by atoms with van der Waals surface area (Å²) in [7, 11) is -1.52. The van der Waals surface area contributed by atoms with E-state index in [-0.39, 0.29) is 11.4 Å². The van der Waals surface area contributed by atoms with E-state index in [0.717, 1.165) is 19.4 Å². The number of hydrogen-bond donors (Lipinski definition) is 1. The molecule has 1 aliphatic rings. The molecule has 122 valence electrons. The van der Waals surface area contributed by atoms with Gasteiger partial charge < -0.3 is 5.32 Å². The minimum Gasteiger partial charge on any atom is -0.319 e. The van der Waals surface area contributed by atoms with Crippen LogP contribution in [0.2, 0.25) is 0 Å². The van der Waals surface area contributed by atoms with Crippen molar-refractivity contribution in [2.45, 2.75) is 18.6 Å². The normalized spacial score (nSPS) is 20.0. The van der Waals surface area contributed by atoms with E-state index in [4.69, 9.17) is 0 Å². The van der Waals surface area contributed by atoms with Gasteiger partial charge in [-0.3, -0.25) is 10.1 Å². The summed E-state index contributed by atoms with van der Waals surface area (Å²) >= 11 is 0. The van der Waals surface area contributed by atoms with Crippen LogP contribution in [0.3, 0.4) is 0 Å². The Morgan fingerprint density at radius 3 is 2.64 bits per heavy atom. The van der Waals surface area contributed by atoms with Gasteiger partial charge in [-0.15, -0.1) is 0 Å². The molecule has 1 N–H and O–H groups in total. The Morgan fingerprint density at radius 2 is 2.05 bits per heavy atom. The van der Waals surface area contributed by atoms with Crippen LogP contribution < -0.4 is 5.32 Å². The molecular formula is C14H21N3O4S. The van der Waals surface area contributed by atoms with E-state index in [1.807, 2.05) is 7.05 Å². The number of nitro groups is 1. The monoisotopic (exact) mass is 327 g/mol. The third-order valence-corrected chi connectivity index (χ3v) is 5.68. The minimum absolute atomic E-state index is 0.0341. The second kappa shape index (κ2) is 7.17. The fourth-order valence-electron chi connectivity index (χ4n) is 2.75. The summed E-state index contributed by atoms with van der Waals surface area (Å²) in [5.41, 5.74) is 0.537. The number of nitrogens with zero attached hydrogens (tertiary/aromatic N) is 2. The maximum Gasteiger partial charge on any atom is 0.269 e. The Balaban J connectivity index is 2.05. The van der Waals surface area contributed by atoms with Crippen LogP contribution in [0.4, 0.5) is 5.69 Å². The molecule has 8 heteroatoms. The fourth-order valence-corrected chi connectivity index (χ4v) is 4.39. The van der Waals surface area contributed by atoms with Crippen molar-refractivity contribution in [1.29, 1.82) is 0 Å². The van der Waals surface area contributed by atoms with Gasteiger partial charge in [0, 0.05) is 25.2 Å². The van der Waals surface area contributed by atoms with Gasteiger partial charge in [-0.05, 0) is 37.9 Å². The molecule has 2 rings (SSSR count). The Morgan fingerprint density at radius 1 is 1.36 bits per heavy atom. The van der Waals surface area contributed by atoms with E-state index in [9.17, 15) is 18.5 Å². The topological polar surface area (TPSA) is 92.6 Å². The van der Waals surface area contributed by atoms with Crippen LogP contribution in [-0.4, -0.2) is 44.3 Å². The van der Waals surface area contributed by atoms with E-state index in [1.165, 1.54) is 24.3 Å². The first kappa shape index (κ1) is 16.9. The van der Waals surface area contributed by atoms with E-state index >= 15 is 0 Å². The number of non-ortho nitro benzene ring substituents is 1. The number of benzene rings is 1. The fraction of sp³-hybridized carbons (Fsp3) is 0.571. The number of nitrogens with one attached hydrogen (secondary N) is 1. The molecule has 0 bridgehead atoms. The number of piperidine rings is 1. The summed E-state index contributed by atoms with van der Waals surface area (Å²) < 4.78 is 26.5. The van der Waals surface area contributed by atoms with Gasteiger partial charge >= 0.3 is 0 Å². The van der Waals surface area contributed by atoms with E-state index < -0.39 is 14.9 Å². The van der Waals surface area contributed by atoms with Crippen molar-refractivity contribution in [2.75, 3.05) is 26.7 Å². The predicted octanol–water partition coefficient (Wildman–Crippen LogP) is 1.36. The lowest BCUT2D eigenvalue weighted by molar-refractivity contribution is -0.384. The van der Waals surface area contributed by atoms with Crippen LogP contribution >= 0.6 is 0 Å². The van der Waals surface area contributed by atoms with Crippen LogP contribution in [0.25, 0.3) is 0 Å². The van der Waals surface area contributed by atoms with Crippen LogP contribution in [0.5, 0.6) is 0 Å². The highest BCUT2D eigenvalue weighted by Gasteiger charge is 2.28. The van der Waals surface area contributed by atoms with Crippen LogP contribution in [0.1, 0.15) is 18.4 Å². The Labute approximate surface area is 130 Å². The molecule has 1 unspecified atom stereocenters. The van der Waals surface area contributed by atoms with Crippen LogP contribution in [-0.2, 0) is 15.8 Å². The number of hydrogen-bond acceptors (Lipinski definition) is 5. The summed E-state index contributed by atoms with van der Waals surface area (Å²) in [6.07, 6.45) is 1.90. The third kappa shape index (κ3) is 4.25. The van der Waals surface area contributed by atoms with Gasteiger partial charge in [0.25, 0.3) is 5.69 Å². The van der Waals surface area contributed by atoms with Gasteiger partial charge in [0.1, 0.15) is 0 Å². The molecule has 0 radical (unpaired) electrons. The highest BCUT2D eigenvalue weighted by atomic mass is 32.2. The third-order valence-electron chi connectivity index (χ3n) is 3.86. The summed E-state index contributed by atoms with van der Waals surface area (Å²) in [5.74, 6) is 0.224. The Bertz CT molecular complexity index is 613. The molecule has 0 amide bonds. The minimum atomic E-state index is -3.39. The first-order valence-electron chi connectivity index (χ1n) is 7.28. The van der Waals surface area contributed by atoms with Crippen molar-refractivity contribution in [3.63, 3.8) is 0 Å². The van der Waals surface area contributed by atoms with Gasteiger partial charge in [-0.2, -0.15) is 0 Å². The van der Waals surface area contributed by atoms with Gasteiger partial charge in [-0.1, -0.05) is 12.1 Å². The lowest BCUT2D eigenvalue weighted by Gasteiger charge is -2.31. The second-order valence-electron chi connectivity index (χ2n) is 5.60. The van der Waals surface area contributed by atoms with Crippen molar-refractivity contribution < 1.29 is 13.3 Å². The number of nitro benzene ring substituents is 1.